The highest BCUT2D eigenvalue weighted by atomic mass is 19.1. The molecular formula is C27H41FN2O. The second-order valence-corrected chi connectivity index (χ2v) is 8.76. The Kier molecular flexibility index (Phi) is 12.2. The molecule has 0 fully saturated rings. The summed E-state index contributed by atoms with van der Waals surface area (Å²) in [5.74, 6) is 1.20. The zero-order valence-electron chi connectivity index (χ0n) is 19.8. The van der Waals surface area contributed by atoms with Crippen molar-refractivity contribution in [2.24, 2.45) is 5.92 Å². The monoisotopic (exact) mass is 428 g/mol. The molecule has 2 atom stereocenters. The number of aromatic nitrogens is 2. The van der Waals surface area contributed by atoms with E-state index in [0.717, 1.165) is 31.2 Å². The molecule has 0 spiro atoms. The summed E-state index contributed by atoms with van der Waals surface area (Å²) in [6.45, 7) is 6.38. The van der Waals surface area contributed by atoms with Crippen LogP contribution in [0.5, 0.6) is 5.75 Å². The minimum Gasteiger partial charge on any atom is -0.487 e. The number of nitrogens with zero attached hydrogens (tertiary/aromatic N) is 2. The molecular weight excluding hydrogens is 387 g/mol. The molecule has 0 amide bonds. The molecule has 0 saturated carbocycles. The summed E-state index contributed by atoms with van der Waals surface area (Å²) in [5.41, 5.74) is 2.36. The Morgan fingerprint density at radius 3 is 2.10 bits per heavy atom. The fourth-order valence-electron chi connectivity index (χ4n) is 3.69. The van der Waals surface area contributed by atoms with E-state index in [2.05, 4.69) is 48.1 Å². The zero-order chi connectivity index (χ0) is 22.3. The first-order valence-electron chi connectivity index (χ1n) is 12.3. The van der Waals surface area contributed by atoms with E-state index in [4.69, 9.17) is 4.74 Å². The molecule has 3 nitrogen and oxygen atoms in total. The lowest BCUT2D eigenvalue weighted by molar-refractivity contribution is 0.141. The molecule has 0 bridgehead atoms. The van der Waals surface area contributed by atoms with Gasteiger partial charge in [0.1, 0.15) is 12.8 Å². The molecule has 1 aromatic carbocycles. The molecule has 0 radical (unpaired) electrons. The van der Waals surface area contributed by atoms with E-state index < -0.39 is 6.17 Å². The molecule has 0 saturated heterocycles. The Balaban J connectivity index is 1.74. The maximum absolute atomic E-state index is 14.2. The van der Waals surface area contributed by atoms with Crippen LogP contribution in [0.1, 0.15) is 90.5 Å². The van der Waals surface area contributed by atoms with Gasteiger partial charge < -0.3 is 4.74 Å². The molecule has 172 valence electrons. The van der Waals surface area contributed by atoms with Crippen LogP contribution in [0.3, 0.4) is 0 Å². The van der Waals surface area contributed by atoms with Crippen LogP contribution in [0.25, 0.3) is 11.4 Å². The Morgan fingerprint density at radius 1 is 0.839 bits per heavy atom. The van der Waals surface area contributed by atoms with Gasteiger partial charge in [-0.1, -0.05) is 96.4 Å². The van der Waals surface area contributed by atoms with Gasteiger partial charge >= 0.3 is 0 Å². The molecule has 1 heterocycles. The SMILES string of the molecule is CCCCCCCCCc1ccc(-c2ncc(OCC(F)C(C)CCCC)cn2)cc1. The van der Waals surface area contributed by atoms with E-state index in [-0.39, 0.29) is 12.5 Å². The summed E-state index contributed by atoms with van der Waals surface area (Å²) < 4.78 is 19.8. The number of benzene rings is 1. The van der Waals surface area contributed by atoms with E-state index in [0.29, 0.717) is 11.6 Å². The standard InChI is InChI=1S/C27H41FN2O/c1-4-6-8-9-10-11-12-14-23-15-17-24(18-16-23)27-29-19-25(20-30-27)31-21-26(28)22(3)13-7-5-2/h15-20,22,26H,4-14,21H2,1-3H3. The number of hydrogen-bond donors (Lipinski definition) is 0. The summed E-state index contributed by atoms with van der Waals surface area (Å²) in [6, 6.07) is 8.51. The minimum atomic E-state index is -0.963. The molecule has 2 unspecified atom stereocenters. The third-order valence-corrected chi connectivity index (χ3v) is 5.95. The summed E-state index contributed by atoms with van der Waals surface area (Å²) in [7, 11) is 0. The van der Waals surface area contributed by atoms with Gasteiger partial charge in [-0.2, -0.15) is 0 Å². The van der Waals surface area contributed by atoms with Crippen LogP contribution < -0.4 is 4.74 Å². The molecule has 1 aromatic heterocycles. The third kappa shape index (κ3) is 9.80. The highest BCUT2D eigenvalue weighted by Gasteiger charge is 2.16. The lowest BCUT2D eigenvalue weighted by Gasteiger charge is -2.16. The molecule has 0 aliphatic rings. The lowest BCUT2D eigenvalue weighted by atomic mass is 10.00. The van der Waals surface area contributed by atoms with E-state index in [1.54, 1.807) is 12.4 Å². The second kappa shape index (κ2) is 14.9. The van der Waals surface area contributed by atoms with Crippen molar-refractivity contribution >= 4 is 0 Å². The van der Waals surface area contributed by atoms with E-state index in [1.165, 1.54) is 50.5 Å². The Labute approximate surface area is 188 Å². The first kappa shape index (κ1) is 25.3. The van der Waals surface area contributed by atoms with Crippen LogP contribution in [-0.4, -0.2) is 22.7 Å². The smallest absolute Gasteiger partial charge is 0.159 e. The second-order valence-electron chi connectivity index (χ2n) is 8.76. The number of ether oxygens (including phenoxy) is 1. The summed E-state index contributed by atoms with van der Waals surface area (Å²) in [6.07, 6.45) is 15.8. The quantitative estimate of drug-likeness (QED) is 0.254. The van der Waals surface area contributed by atoms with Crippen molar-refractivity contribution in [3.8, 4) is 17.1 Å². The van der Waals surface area contributed by atoms with Crippen molar-refractivity contribution in [3.63, 3.8) is 0 Å². The number of unbranched alkanes of at least 4 members (excludes halogenated alkanes) is 7. The van der Waals surface area contributed by atoms with Gasteiger partial charge in [0, 0.05) is 5.56 Å². The predicted molar refractivity (Wildman–Crippen MR) is 128 cm³/mol. The summed E-state index contributed by atoms with van der Waals surface area (Å²) in [4.78, 5) is 8.81. The highest BCUT2D eigenvalue weighted by Crippen LogP contribution is 2.20. The van der Waals surface area contributed by atoms with Crippen molar-refractivity contribution in [2.45, 2.75) is 97.6 Å². The molecule has 2 rings (SSSR count). The number of rotatable bonds is 16. The fraction of sp³-hybridized carbons (Fsp3) is 0.630. The normalized spacial score (nSPS) is 13.2. The molecule has 31 heavy (non-hydrogen) atoms. The summed E-state index contributed by atoms with van der Waals surface area (Å²) >= 11 is 0. The van der Waals surface area contributed by atoms with Crippen molar-refractivity contribution in [1.29, 1.82) is 0 Å². The van der Waals surface area contributed by atoms with Crippen molar-refractivity contribution < 1.29 is 9.13 Å². The van der Waals surface area contributed by atoms with Crippen LogP contribution in [0, 0.1) is 5.92 Å². The van der Waals surface area contributed by atoms with Crippen LogP contribution >= 0.6 is 0 Å². The number of aryl methyl sites for hydroxylation is 1. The first-order chi connectivity index (χ1) is 15.1. The third-order valence-electron chi connectivity index (χ3n) is 5.95. The van der Waals surface area contributed by atoms with Gasteiger partial charge in [-0.15, -0.1) is 0 Å². The van der Waals surface area contributed by atoms with Crippen LogP contribution in [0.15, 0.2) is 36.7 Å². The van der Waals surface area contributed by atoms with Gasteiger partial charge in [-0.25, -0.2) is 14.4 Å². The average Bonchev–Trinajstić information content (AvgIpc) is 2.81. The number of hydrogen-bond acceptors (Lipinski definition) is 3. The van der Waals surface area contributed by atoms with Crippen molar-refractivity contribution in [2.75, 3.05) is 6.61 Å². The first-order valence-corrected chi connectivity index (χ1v) is 12.3. The van der Waals surface area contributed by atoms with Crippen LogP contribution in [0.4, 0.5) is 4.39 Å². The Bertz CT molecular complexity index is 702. The Morgan fingerprint density at radius 2 is 1.45 bits per heavy atom. The van der Waals surface area contributed by atoms with Gasteiger partial charge in [0.25, 0.3) is 0 Å². The van der Waals surface area contributed by atoms with E-state index in [1.807, 2.05) is 6.92 Å². The van der Waals surface area contributed by atoms with Gasteiger partial charge in [0.2, 0.25) is 0 Å². The predicted octanol–water partition coefficient (Wildman–Crippen LogP) is 7.98. The van der Waals surface area contributed by atoms with Crippen LogP contribution in [-0.2, 0) is 6.42 Å². The van der Waals surface area contributed by atoms with E-state index in [9.17, 15) is 4.39 Å². The largest absolute Gasteiger partial charge is 0.487 e. The topological polar surface area (TPSA) is 35.0 Å². The van der Waals surface area contributed by atoms with Gasteiger partial charge in [-0.05, 0) is 30.7 Å². The van der Waals surface area contributed by atoms with Gasteiger partial charge in [-0.3, -0.25) is 0 Å². The maximum Gasteiger partial charge on any atom is 0.159 e. The van der Waals surface area contributed by atoms with Crippen molar-refractivity contribution in [3.05, 3.63) is 42.2 Å². The number of alkyl halides is 1. The maximum atomic E-state index is 14.2. The molecule has 0 aliphatic carbocycles. The molecule has 0 aliphatic heterocycles. The number of halogens is 1. The zero-order valence-corrected chi connectivity index (χ0v) is 19.8. The fourth-order valence-corrected chi connectivity index (χ4v) is 3.69. The minimum absolute atomic E-state index is 0.0136. The molecule has 2 aromatic rings. The Hall–Kier alpha value is -1.97. The lowest BCUT2D eigenvalue weighted by Crippen LogP contribution is -2.21. The molecule has 4 heteroatoms. The van der Waals surface area contributed by atoms with Crippen molar-refractivity contribution in [1.82, 2.24) is 9.97 Å². The van der Waals surface area contributed by atoms with Gasteiger partial charge in [0.15, 0.2) is 11.6 Å². The van der Waals surface area contributed by atoms with Crippen LogP contribution in [0.2, 0.25) is 0 Å². The van der Waals surface area contributed by atoms with Gasteiger partial charge in [0.05, 0.1) is 12.4 Å². The molecule has 0 N–H and O–H groups in total. The highest BCUT2D eigenvalue weighted by molar-refractivity contribution is 5.55. The average molecular weight is 429 g/mol. The van der Waals surface area contributed by atoms with E-state index >= 15 is 0 Å². The summed E-state index contributed by atoms with van der Waals surface area (Å²) in [5, 5.41) is 0.